The van der Waals surface area contributed by atoms with E-state index in [1.807, 2.05) is 31.2 Å². The molecule has 0 unspecified atom stereocenters. The molecule has 0 spiro atoms. The first kappa shape index (κ1) is 15.3. The van der Waals surface area contributed by atoms with Gasteiger partial charge in [-0.05, 0) is 48.5 Å². The Bertz CT molecular complexity index is 585. The van der Waals surface area contributed by atoms with Crippen molar-refractivity contribution in [3.8, 4) is 11.4 Å². The van der Waals surface area contributed by atoms with E-state index < -0.39 is 0 Å². The van der Waals surface area contributed by atoms with E-state index in [-0.39, 0.29) is 11.7 Å². The first-order valence-electron chi connectivity index (χ1n) is 6.54. The second-order valence-corrected chi connectivity index (χ2v) is 4.84. The number of esters is 1. The Balaban J connectivity index is 2.07. The number of benzene rings is 1. The van der Waals surface area contributed by atoms with Gasteiger partial charge in [0.05, 0.1) is 24.7 Å². The lowest BCUT2D eigenvalue weighted by atomic mass is 10.3. The number of tetrazole rings is 1. The fraction of sp³-hybridized carbons (Fsp3) is 0.385. The van der Waals surface area contributed by atoms with Gasteiger partial charge >= 0.3 is 5.97 Å². The zero-order valence-electron chi connectivity index (χ0n) is 11.9. The van der Waals surface area contributed by atoms with Gasteiger partial charge in [0.1, 0.15) is 5.75 Å². The van der Waals surface area contributed by atoms with Crippen LogP contribution in [-0.4, -0.2) is 45.1 Å². The highest BCUT2D eigenvalue weighted by Gasteiger charge is 2.12. The number of thioether (sulfide) groups is 1. The number of aromatic nitrogens is 4. The summed E-state index contributed by atoms with van der Waals surface area (Å²) in [5.41, 5.74) is 0.801. The zero-order chi connectivity index (χ0) is 15.1. The van der Waals surface area contributed by atoms with Crippen molar-refractivity contribution in [2.45, 2.75) is 19.0 Å². The van der Waals surface area contributed by atoms with Crippen LogP contribution in [0, 0.1) is 0 Å². The molecule has 0 amide bonds. The Hall–Kier alpha value is -2.09. The van der Waals surface area contributed by atoms with Gasteiger partial charge in [-0.3, -0.25) is 4.79 Å². The summed E-state index contributed by atoms with van der Waals surface area (Å²) < 4.78 is 11.8. The van der Waals surface area contributed by atoms with Crippen LogP contribution in [0.15, 0.2) is 29.4 Å². The minimum atomic E-state index is -0.288. The molecule has 21 heavy (non-hydrogen) atoms. The van der Waals surface area contributed by atoms with Crippen molar-refractivity contribution in [1.29, 1.82) is 0 Å². The molecule has 0 aliphatic heterocycles. The largest absolute Gasteiger partial charge is 0.494 e. The molecule has 8 heteroatoms. The second kappa shape index (κ2) is 7.63. The fourth-order valence-corrected chi connectivity index (χ4v) is 2.30. The van der Waals surface area contributed by atoms with Crippen LogP contribution in [0.3, 0.4) is 0 Å². The van der Waals surface area contributed by atoms with Gasteiger partial charge in [0, 0.05) is 0 Å². The van der Waals surface area contributed by atoms with Gasteiger partial charge < -0.3 is 9.47 Å². The lowest BCUT2D eigenvalue weighted by molar-refractivity contribution is -0.139. The molecule has 2 rings (SSSR count). The first-order valence-corrected chi connectivity index (χ1v) is 7.53. The van der Waals surface area contributed by atoms with Gasteiger partial charge in [-0.15, -0.1) is 5.10 Å². The topological polar surface area (TPSA) is 79.1 Å². The summed E-state index contributed by atoms with van der Waals surface area (Å²) in [4.78, 5) is 11.4. The van der Waals surface area contributed by atoms with E-state index in [9.17, 15) is 4.79 Å². The fourth-order valence-electron chi connectivity index (χ4n) is 1.61. The number of hydrogen-bond acceptors (Lipinski definition) is 7. The third-order valence-corrected chi connectivity index (χ3v) is 3.35. The molecule has 0 saturated heterocycles. The molecule has 1 heterocycles. The van der Waals surface area contributed by atoms with Crippen LogP contribution in [0.1, 0.15) is 13.8 Å². The number of ether oxygens (including phenoxy) is 2. The SMILES string of the molecule is CCOC(=O)CSc1nnnn1-c1ccc(OCC)cc1. The zero-order valence-corrected chi connectivity index (χ0v) is 12.7. The predicted octanol–water partition coefficient (Wildman–Crippen LogP) is 1.72. The standard InChI is InChI=1S/C13H16N4O3S/c1-3-19-11-7-5-10(6-8-11)17-13(14-15-16-17)21-9-12(18)20-4-2/h5-8H,3-4,9H2,1-2H3. The summed E-state index contributed by atoms with van der Waals surface area (Å²) in [6, 6.07) is 7.41. The van der Waals surface area contributed by atoms with Crippen molar-refractivity contribution in [3.05, 3.63) is 24.3 Å². The lowest BCUT2D eigenvalue weighted by Gasteiger charge is -2.06. The van der Waals surface area contributed by atoms with Gasteiger partial charge in [-0.25, -0.2) is 0 Å². The Labute approximate surface area is 126 Å². The normalized spacial score (nSPS) is 10.4. The third-order valence-electron chi connectivity index (χ3n) is 2.46. The van der Waals surface area contributed by atoms with Crippen molar-refractivity contribution in [2.75, 3.05) is 19.0 Å². The monoisotopic (exact) mass is 308 g/mol. The van der Waals surface area contributed by atoms with E-state index >= 15 is 0 Å². The summed E-state index contributed by atoms with van der Waals surface area (Å²) in [5, 5.41) is 12.0. The number of hydrogen-bond donors (Lipinski definition) is 0. The molecule has 0 aliphatic carbocycles. The van der Waals surface area contributed by atoms with Crippen molar-refractivity contribution >= 4 is 17.7 Å². The molecule has 1 aromatic heterocycles. The Morgan fingerprint density at radius 3 is 2.67 bits per heavy atom. The third kappa shape index (κ3) is 4.19. The Morgan fingerprint density at radius 1 is 1.24 bits per heavy atom. The first-order chi connectivity index (χ1) is 10.2. The maximum absolute atomic E-state index is 11.4. The average Bonchev–Trinajstić information content (AvgIpc) is 2.95. The highest BCUT2D eigenvalue weighted by molar-refractivity contribution is 7.99. The Kier molecular flexibility index (Phi) is 5.56. The molecule has 7 nitrogen and oxygen atoms in total. The van der Waals surface area contributed by atoms with Crippen molar-refractivity contribution in [1.82, 2.24) is 20.2 Å². The predicted molar refractivity (Wildman–Crippen MR) is 77.7 cm³/mol. The van der Waals surface area contributed by atoms with Crippen LogP contribution in [0.25, 0.3) is 5.69 Å². The summed E-state index contributed by atoms with van der Waals surface area (Å²) in [6.45, 7) is 4.68. The van der Waals surface area contributed by atoms with E-state index in [2.05, 4.69) is 15.5 Å². The van der Waals surface area contributed by atoms with Crippen molar-refractivity contribution < 1.29 is 14.3 Å². The van der Waals surface area contributed by atoms with E-state index in [0.29, 0.717) is 18.4 Å². The number of nitrogens with zero attached hydrogens (tertiary/aromatic N) is 4. The van der Waals surface area contributed by atoms with E-state index in [0.717, 1.165) is 11.4 Å². The van der Waals surface area contributed by atoms with E-state index in [1.165, 1.54) is 11.8 Å². The summed E-state index contributed by atoms with van der Waals surface area (Å²) in [5.74, 6) is 0.671. The van der Waals surface area contributed by atoms with Crippen LogP contribution in [-0.2, 0) is 9.53 Å². The van der Waals surface area contributed by atoms with Gasteiger partial charge in [0.2, 0.25) is 5.16 Å². The molecule has 0 aliphatic rings. The molecule has 0 radical (unpaired) electrons. The smallest absolute Gasteiger partial charge is 0.316 e. The van der Waals surface area contributed by atoms with Gasteiger partial charge in [-0.1, -0.05) is 11.8 Å². The van der Waals surface area contributed by atoms with Crippen LogP contribution in [0.4, 0.5) is 0 Å². The molecule has 0 fully saturated rings. The molecule has 0 N–H and O–H groups in total. The minimum absolute atomic E-state index is 0.172. The van der Waals surface area contributed by atoms with Crippen LogP contribution in [0.5, 0.6) is 5.75 Å². The lowest BCUT2D eigenvalue weighted by Crippen LogP contribution is -2.08. The highest BCUT2D eigenvalue weighted by atomic mass is 32.2. The number of carbonyl (C=O) groups is 1. The molecule has 0 saturated carbocycles. The summed E-state index contributed by atoms with van der Waals surface area (Å²) in [6.07, 6.45) is 0. The average molecular weight is 308 g/mol. The minimum Gasteiger partial charge on any atom is -0.494 e. The molecule has 1 aromatic carbocycles. The van der Waals surface area contributed by atoms with Crippen molar-refractivity contribution in [2.24, 2.45) is 0 Å². The maximum Gasteiger partial charge on any atom is 0.316 e. The molecular formula is C13H16N4O3S. The van der Waals surface area contributed by atoms with Crippen LogP contribution in [0.2, 0.25) is 0 Å². The molecule has 2 aromatic rings. The Morgan fingerprint density at radius 2 is 2.00 bits per heavy atom. The quantitative estimate of drug-likeness (QED) is 0.569. The van der Waals surface area contributed by atoms with Gasteiger partial charge in [0.25, 0.3) is 0 Å². The highest BCUT2D eigenvalue weighted by Crippen LogP contribution is 2.20. The van der Waals surface area contributed by atoms with Crippen LogP contribution >= 0.6 is 11.8 Å². The molecular weight excluding hydrogens is 292 g/mol. The summed E-state index contributed by atoms with van der Waals surface area (Å²) >= 11 is 1.23. The second-order valence-electron chi connectivity index (χ2n) is 3.89. The number of carbonyl (C=O) groups excluding carboxylic acids is 1. The van der Waals surface area contributed by atoms with Gasteiger partial charge in [0.15, 0.2) is 0 Å². The van der Waals surface area contributed by atoms with E-state index in [4.69, 9.17) is 9.47 Å². The van der Waals surface area contributed by atoms with Crippen LogP contribution < -0.4 is 4.74 Å². The van der Waals surface area contributed by atoms with E-state index in [1.54, 1.807) is 11.6 Å². The molecule has 0 atom stereocenters. The maximum atomic E-state index is 11.4. The summed E-state index contributed by atoms with van der Waals surface area (Å²) in [7, 11) is 0. The van der Waals surface area contributed by atoms with Gasteiger partial charge in [-0.2, -0.15) is 4.68 Å². The molecule has 112 valence electrons. The number of rotatable bonds is 7. The molecule has 0 bridgehead atoms. The van der Waals surface area contributed by atoms with Crippen molar-refractivity contribution in [3.63, 3.8) is 0 Å².